The molecule has 0 aliphatic carbocycles. The predicted octanol–water partition coefficient (Wildman–Crippen LogP) is 8.69. The van der Waals surface area contributed by atoms with Crippen LogP contribution in [0.2, 0.25) is 41.3 Å². The number of aliphatic hydroxyl groups excluding tert-OH is 1. The highest BCUT2D eigenvalue weighted by molar-refractivity contribution is 6.99. The van der Waals surface area contributed by atoms with E-state index in [-0.39, 0.29) is 33.9 Å². The van der Waals surface area contributed by atoms with Gasteiger partial charge in [-0.2, -0.15) is 0 Å². The van der Waals surface area contributed by atoms with Crippen LogP contribution in [-0.2, 0) is 18.0 Å². The molecule has 0 unspecified atom stereocenters. The van der Waals surface area contributed by atoms with E-state index in [1.165, 1.54) is 10.4 Å². The lowest BCUT2D eigenvalue weighted by atomic mass is 10.1. The second-order valence-electron chi connectivity index (χ2n) is 16.9. The highest BCUT2D eigenvalue weighted by Gasteiger charge is 2.50. The second-order valence-corrected chi connectivity index (χ2v) is 30.7. The van der Waals surface area contributed by atoms with Gasteiger partial charge in [0, 0.05) is 19.6 Å². The van der Waals surface area contributed by atoms with Crippen LogP contribution in [0.5, 0.6) is 0 Å². The van der Waals surface area contributed by atoms with Gasteiger partial charge in [-0.05, 0) is 58.1 Å². The van der Waals surface area contributed by atoms with Gasteiger partial charge >= 0.3 is 0 Å². The van der Waals surface area contributed by atoms with Crippen molar-refractivity contribution in [3.05, 3.63) is 73.3 Å². The molecule has 0 fully saturated rings. The molecule has 0 saturated carbocycles. The number of hydrogen-bond donors (Lipinski definition) is 1. The maximum absolute atomic E-state index is 9.48. The summed E-state index contributed by atoms with van der Waals surface area (Å²) >= 11 is 0. The molecule has 5 nitrogen and oxygen atoms in total. The number of benzene rings is 2. The van der Waals surface area contributed by atoms with Crippen LogP contribution in [0.15, 0.2) is 73.3 Å². The first-order chi connectivity index (χ1) is 22.1. The molecule has 0 heterocycles. The number of rotatable bonds is 16. The summed E-state index contributed by atoms with van der Waals surface area (Å²) in [5, 5.41) is 11.9. The number of ether oxygens (including phenoxy) is 1. The smallest absolute Gasteiger partial charge is 0.261 e. The van der Waals surface area contributed by atoms with Gasteiger partial charge in [-0.1, -0.05) is 141 Å². The lowest BCUT2D eigenvalue weighted by molar-refractivity contribution is -0.0769. The Labute approximate surface area is 297 Å². The van der Waals surface area contributed by atoms with E-state index in [9.17, 15) is 5.11 Å². The van der Waals surface area contributed by atoms with Crippen molar-refractivity contribution in [3.8, 4) is 11.8 Å². The Morgan fingerprint density at radius 2 is 1.19 bits per heavy atom. The average Bonchev–Trinajstić information content (AvgIpc) is 2.98. The molecule has 0 amide bonds. The molecular formula is C40H66O5Si3. The Kier molecular flexibility index (Phi) is 15.4. The van der Waals surface area contributed by atoms with Crippen molar-refractivity contribution in [1.29, 1.82) is 0 Å². The fourth-order valence-electron chi connectivity index (χ4n) is 5.45. The highest BCUT2D eigenvalue weighted by atomic mass is 28.4. The molecule has 8 heteroatoms. The summed E-state index contributed by atoms with van der Waals surface area (Å²) in [5.41, 5.74) is 0. The first kappa shape index (κ1) is 42.4. The van der Waals surface area contributed by atoms with Crippen LogP contribution < -0.4 is 10.4 Å². The Morgan fingerprint density at radius 3 is 1.60 bits per heavy atom. The van der Waals surface area contributed by atoms with Crippen molar-refractivity contribution in [2.75, 3.05) is 19.8 Å². The Hall–Kier alpha value is -1.81. The van der Waals surface area contributed by atoms with Crippen LogP contribution in [0.3, 0.4) is 0 Å². The summed E-state index contributed by atoms with van der Waals surface area (Å²) in [6.07, 6.45) is 1.86. The van der Waals surface area contributed by atoms with Gasteiger partial charge in [0.1, 0.15) is 12.7 Å². The van der Waals surface area contributed by atoms with Gasteiger partial charge in [0.05, 0.1) is 12.2 Å². The molecule has 1 N–H and O–H groups in total. The van der Waals surface area contributed by atoms with Crippen molar-refractivity contribution in [3.63, 3.8) is 0 Å². The maximum atomic E-state index is 9.48. The van der Waals surface area contributed by atoms with E-state index in [1.54, 1.807) is 0 Å². The predicted molar refractivity (Wildman–Crippen MR) is 212 cm³/mol. The maximum Gasteiger partial charge on any atom is 0.261 e. The summed E-state index contributed by atoms with van der Waals surface area (Å²) < 4.78 is 28.1. The molecule has 268 valence electrons. The van der Waals surface area contributed by atoms with E-state index in [1.807, 2.05) is 6.08 Å². The molecule has 2 aromatic rings. The van der Waals surface area contributed by atoms with Crippen molar-refractivity contribution >= 4 is 35.3 Å². The largest absolute Gasteiger partial charge is 0.410 e. The molecule has 0 aliphatic heterocycles. The standard InChI is InChI=1S/C40H66O5Si3/c1-15-35(44-46(11,12)38(2,3)4)37(36(29-22-23-30-41)45-47(13,14)39(5,6)7)42-31-24-32-43-48(40(8,9)10,33-25-18-16-19-26-33)34-27-20-17-21-28-34/h15-21,25-28,35-37,41H,1,24,29-32H2,2-14H3/t35-,36-,37+/m1/s1. The highest BCUT2D eigenvalue weighted by Crippen LogP contribution is 2.41. The summed E-state index contributed by atoms with van der Waals surface area (Å²) in [6.45, 7) is 34.4. The number of aliphatic hydroxyl groups is 1. The van der Waals surface area contributed by atoms with Gasteiger partial charge in [-0.25, -0.2) is 0 Å². The van der Waals surface area contributed by atoms with Crippen LogP contribution in [0.1, 0.15) is 75.2 Å². The topological polar surface area (TPSA) is 57.2 Å². The third-order valence-electron chi connectivity index (χ3n) is 10.3. The van der Waals surface area contributed by atoms with Crippen LogP contribution in [-0.4, -0.2) is 68.2 Å². The van der Waals surface area contributed by atoms with Crippen molar-refractivity contribution in [1.82, 2.24) is 0 Å². The van der Waals surface area contributed by atoms with E-state index in [0.717, 1.165) is 0 Å². The van der Waals surface area contributed by atoms with Gasteiger partial charge in [0.15, 0.2) is 16.6 Å². The summed E-state index contributed by atoms with van der Waals surface area (Å²) in [5.74, 6) is 5.99. The summed E-state index contributed by atoms with van der Waals surface area (Å²) in [6, 6.07) is 21.5. The van der Waals surface area contributed by atoms with Gasteiger partial charge in [-0.15, -0.1) is 6.58 Å². The zero-order chi connectivity index (χ0) is 36.4. The van der Waals surface area contributed by atoms with Crippen molar-refractivity contribution < 1.29 is 23.1 Å². The molecule has 0 saturated heterocycles. The fraction of sp³-hybridized carbons (Fsp3) is 0.600. The molecular weight excluding hydrogens is 645 g/mol. The van der Waals surface area contributed by atoms with Crippen LogP contribution in [0.4, 0.5) is 0 Å². The summed E-state index contributed by atoms with van der Waals surface area (Å²) in [7, 11) is -7.08. The van der Waals surface area contributed by atoms with Crippen LogP contribution in [0, 0.1) is 11.8 Å². The minimum absolute atomic E-state index is 0.00615. The zero-order valence-electron chi connectivity index (χ0n) is 32.4. The van der Waals surface area contributed by atoms with E-state index in [0.29, 0.717) is 26.1 Å². The Bertz CT molecular complexity index is 1270. The molecule has 2 rings (SSSR count). The quantitative estimate of drug-likeness (QED) is 0.0818. The molecule has 0 radical (unpaired) electrons. The van der Waals surface area contributed by atoms with Crippen molar-refractivity contribution in [2.24, 2.45) is 0 Å². The number of hydrogen-bond acceptors (Lipinski definition) is 5. The lowest BCUT2D eigenvalue weighted by Crippen LogP contribution is -2.66. The molecule has 0 aromatic heterocycles. The van der Waals surface area contributed by atoms with E-state index in [4.69, 9.17) is 18.0 Å². The van der Waals surface area contributed by atoms with E-state index < -0.39 is 31.1 Å². The monoisotopic (exact) mass is 710 g/mol. The first-order valence-corrected chi connectivity index (χ1v) is 25.3. The molecule has 3 atom stereocenters. The van der Waals surface area contributed by atoms with Gasteiger partial charge in [0.2, 0.25) is 0 Å². The van der Waals surface area contributed by atoms with Crippen LogP contribution >= 0.6 is 0 Å². The van der Waals surface area contributed by atoms with Gasteiger partial charge in [0.25, 0.3) is 8.32 Å². The van der Waals surface area contributed by atoms with Gasteiger partial charge in [-0.3, -0.25) is 0 Å². The fourth-order valence-corrected chi connectivity index (χ4v) is 12.7. The van der Waals surface area contributed by atoms with Crippen molar-refractivity contribution in [2.45, 2.75) is 135 Å². The molecule has 48 heavy (non-hydrogen) atoms. The minimum atomic E-state index is -2.66. The Balaban J connectivity index is 2.46. The lowest BCUT2D eigenvalue weighted by Gasteiger charge is -2.45. The van der Waals surface area contributed by atoms with Crippen LogP contribution in [0.25, 0.3) is 0 Å². The third kappa shape index (κ3) is 10.8. The SMILES string of the molecule is C=C[C@@H](O[Si](C)(C)C(C)(C)C)[C@H](OCCCO[Si](c1ccccc1)(c1ccccc1)C(C)(C)C)[C@@H](CC#CCO)O[Si](C)(C)C(C)(C)C. The zero-order valence-corrected chi connectivity index (χ0v) is 35.4. The average molecular weight is 711 g/mol. The third-order valence-corrected chi connectivity index (χ3v) is 24.3. The molecule has 0 aliphatic rings. The minimum Gasteiger partial charge on any atom is -0.410 e. The first-order valence-electron chi connectivity index (χ1n) is 17.6. The molecule has 0 spiro atoms. The summed E-state index contributed by atoms with van der Waals surface area (Å²) in [4.78, 5) is 0. The second kappa shape index (κ2) is 17.4. The van der Waals surface area contributed by atoms with E-state index in [2.05, 4.69) is 168 Å². The molecule has 0 bridgehead atoms. The van der Waals surface area contributed by atoms with E-state index >= 15 is 0 Å². The van der Waals surface area contributed by atoms with Gasteiger partial charge < -0.3 is 23.1 Å². The normalized spacial score (nSPS) is 15.3. The Morgan fingerprint density at radius 1 is 0.708 bits per heavy atom. The molecule has 2 aromatic carbocycles.